The van der Waals surface area contributed by atoms with Gasteiger partial charge in [0.15, 0.2) is 5.78 Å². The lowest BCUT2D eigenvalue weighted by Gasteiger charge is -2.24. The quantitative estimate of drug-likeness (QED) is 0.811. The minimum absolute atomic E-state index is 0.304. The number of aromatic nitrogens is 2. The van der Waals surface area contributed by atoms with Gasteiger partial charge in [-0.25, -0.2) is 4.98 Å². The Morgan fingerprint density at radius 3 is 2.36 bits per heavy atom. The Morgan fingerprint density at radius 2 is 1.86 bits per heavy atom. The highest BCUT2D eigenvalue weighted by Gasteiger charge is 2.37. The van der Waals surface area contributed by atoms with Gasteiger partial charge in [-0.05, 0) is 24.3 Å². The monoisotopic (exact) mass is 320 g/mol. The first kappa shape index (κ1) is 16.2. The number of ether oxygens (including phenoxy) is 1. The Morgan fingerprint density at radius 1 is 1.23 bits per heavy atom. The molecule has 116 valence electrons. The molecule has 6 heteroatoms. The fraction of sp³-hybridized carbons (Fsp3) is 0.312. The molecule has 0 saturated heterocycles. The molecule has 2 aromatic rings. The van der Waals surface area contributed by atoms with Crippen molar-refractivity contribution in [2.45, 2.75) is 26.9 Å². The van der Waals surface area contributed by atoms with E-state index in [2.05, 4.69) is 4.98 Å². The fourth-order valence-corrected chi connectivity index (χ4v) is 1.91. The van der Waals surface area contributed by atoms with Crippen molar-refractivity contribution in [2.24, 2.45) is 5.41 Å². The summed E-state index contributed by atoms with van der Waals surface area (Å²) >= 11 is 5.83. The molecule has 0 spiro atoms. The second-order valence-corrected chi connectivity index (χ2v) is 6.31. The van der Waals surface area contributed by atoms with Crippen LogP contribution in [0, 0.1) is 5.41 Å². The highest BCUT2D eigenvalue weighted by atomic mass is 35.5. The van der Waals surface area contributed by atoms with E-state index in [0.717, 1.165) is 0 Å². The van der Waals surface area contributed by atoms with Gasteiger partial charge in [0.05, 0.1) is 0 Å². The van der Waals surface area contributed by atoms with Gasteiger partial charge in [0.1, 0.15) is 12.1 Å². The first-order chi connectivity index (χ1) is 10.3. The second-order valence-electron chi connectivity index (χ2n) is 5.87. The Hall–Kier alpha value is -2.14. The maximum atomic E-state index is 12.6. The Bertz CT molecular complexity index is 658. The fourth-order valence-electron chi connectivity index (χ4n) is 1.78. The van der Waals surface area contributed by atoms with Crippen molar-refractivity contribution in [3.8, 4) is 5.75 Å². The second kappa shape index (κ2) is 6.32. The van der Waals surface area contributed by atoms with Crippen LogP contribution in [-0.4, -0.2) is 27.3 Å². The molecule has 0 bridgehead atoms. The highest BCUT2D eigenvalue weighted by Crippen LogP contribution is 2.23. The summed E-state index contributed by atoms with van der Waals surface area (Å²) in [5.41, 5.74) is -0.715. The number of ketones is 1. The molecule has 1 heterocycles. The number of nitrogens with zero attached hydrogens (tertiary/aromatic N) is 2. The van der Waals surface area contributed by atoms with Gasteiger partial charge in [-0.3, -0.25) is 14.2 Å². The van der Waals surface area contributed by atoms with E-state index in [9.17, 15) is 9.59 Å². The van der Waals surface area contributed by atoms with Crippen LogP contribution in [0.5, 0.6) is 5.75 Å². The number of hydrogen-bond donors (Lipinski definition) is 0. The maximum absolute atomic E-state index is 12.6. The van der Waals surface area contributed by atoms with Crippen LogP contribution in [-0.2, 0) is 4.79 Å². The van der Waals surface area contributed by atoms with Crippen LogP contribution < -0.4 is 4.74 Å². The van der Waals surface area contributed by atoms with Crippen molar-refractivity contribution in [1.82, 2.24) is 9.55 Å². The summed E-state index contributed by atoms with van der Waals surface area (Å²) in [7, 11) is 0. The normalized spacial score (nSPS) is 12.7. The van der Waals surface area contributed by atoms with E-state index in [1.165, 1.54) is 23.3 Å². The van der Waals surface area contributed by atoms with Crippen molar-refractivity contribution in [3.05, 3.63) is 48.0 Å². The van der Waals surface area contributed by atoms with Crippen LogP contribution in [0.3, 0.4) is 0 Å². The predicted octanol–water partition coefficient (Wildman–Crippen LogP) is 3.24. The number of carbonyl (C=O) groups excluding carboxylic acids is 2. The van der Waals surface area contributed by atoms with E-state index in [1.807, 2.05) is 0 Å². The number of carbonyl (C=O) groups is 2. The molecule has 2 rings (SSSR count). The van der Waals surface area contributed by atoms with E-state index in [-0.39, 0.29) is 5.78 Å². The molecule has 0 N–H and O–H groups in total. The minimum Gasteiger partial charge on any atom is -0.473 e. The van der Waals surface area contributed by atoms with Gasteiger partial charge in [-0.15, -0.1) is 0 Å². The molecule has 0 aliphatic heterocycles. The molecule has 1 aromatic heterocycles. The predicted molar refractivity (Wildman–Crippen MR) is 83.2 cm³/mol. The van der Waals surface area contributed by atoms with Crippen molar-refractivity contribution in [1.29, 1.82) is 0 Å². The maximum Gasteiger partial charge on any atom is 0.280 e. The van der Waals surface area contributed by atoms with Gasteiger partial charge in [0.25, 0.3) is 5.91 Å². The molecule has 0 aliphatic carbocycles. The van der Waals surface area contributed by atoms with Crippen molar-refractivity contribution in [3.63, 3.8) is 0 Å². The first-order valence-corrected chi connectivity index (χ1v) is 7.15. The summed E-state index contributed by atoms with van der Waals surface area (Å²) in [5, 5.41) is 0.548. The van der Waals surface area contributed by atoms with Crippen LogP contribution in [0.25, 0.3) is 0 Å². The lowest BCUT2D eigenvalue weighted by atomic mass is 9.87. The molecule has 0 radical (unpaired) electrons. The minimum atomic E-state index is -1.24. The molecule has 5 nitrogen and oxygen atoms in total. The molecular formula is C16H17ClN2O3. The summed E-state index contributed by atoms with van der Waals surface area (Å²) in [6.45, 7) is 5.23. The Balaban J connectivity index is 2.31. The van der Waals surface area contributed by atoms with Crippen LogP contribution in [0.4, 0.5) is 0 Å². The zero-order valence-corrected chi connectivity index (χ0v) is 13.4. The molecular weight excluding hydrogens is 304 g/mol. The van der Waals surface area contributed by atoms with Crippen molar-refractivity contribution >= 4 is 23.3 Å². The number of halogens is 1. The van der Waals surface area contributed by atoms with Crippen molar-refractivity contribution < 1.29 is 14.3 Å². The molecule has 0 saturated carbocycles. The van der Waals surface area contributed by atoms with Gasteiger partial charge in [0.2, 0.25) is 6.10 Å². The van der Waals surface area contributed by atoms with Gasteiger partial charge in [-0.1, -0.05) is 32.4 Å². The first-order valence-electron chi connectivity index (χ1n) is 6.78. The topological polar surface area (TPSA) is 61.2 Å². The Labute approximate surface area is 133 Å². The molecule has 22 heavy (non-hydrogen) atoms. The molecule has 1 atom stereocenters. The van der Waals surface area contributed by atoms with Gasteiger partial charge < -0.3 is 4.74 Å². The van der Waals surface area contributed by atoms with Gasteiger partial charge >= 0.3 is 0 Å². The largest absolute Gasteiger partial charge is 0.473 e. The molecule has 0 fully saturated rings. The SMILES string of the molecule is CC(C)(C)C(=O)C(Oc1ccc(Cl)cc1)C(=O)n1ccnc1. The Kier molecular flexibility index (Phi) is 4.66. The third kappa shape index (κ3) is 3.74. The molecule has 1 aromatic carbocycles. The zero-order valence-electron chi connectivity index (χ0n) is 12.6. The van der Waals surface area contributed by atoms with Gasteiger partial charge in [-0.2, -0.15) is 0 Å². The standard InChI is InChI=1S/C16H17ClN2O3/c1-16(2,3)14(20)13(15(21)19-9-8-18-10-19)22-12-6-4-11(17)5-7-12/h4-10,13H,1-3H3. The average Bonchev–Trinajstić information content (AvgIpc) is 2.98. The third-order valence-electron chi connectivity index (χ3n) is 3.03. The van der Waals surface area contributed by atoms with E-state index in [0.29, 0.717) is 10.8 Å². The summed E-state index contributed by atoms with van der Waals surface area (Å²) in [5.74, 6) is -0.381. The third-order valence-corrected chi connectivity index (χ3v) is 3.28. The summed E-state index contributed by atoms with van der Waals surface area (Å²) < 4.78 is 6.88. The number of Topliss-reactive ketones (excluding diaryl/α,β-unsaturated/α-hetero) is 1. The number of hydrogen-bond acceptors (Lipinski definition) is 4. The van der Waals surface area contributed by atoms with E-state index >= 15 is 0 Å². The molecule has 0 amide bonds. The number of benzene rings is 1. The summed E-state index contributed by atoms with van der Waals surface area (Å²) in [6.07, 6.45) is 3.06. The highest BCUT2D eigenvalue weighted by molar-refractivity contribution is 6.30. The molecule has 1 unspecified atom stereocenters. The smallest absolute Gasteiger partial charge is 0.280 e. The lowest BCUT2D eigenvalue weighted by molar-refractivity contribution is -0.131. The summed E-state index contributed by atoms with van der Waals surface area (Å²) in [6, 6.07) is 6.51. The average molecular weight is 321 g/mol. The van der Waals surface area contributed by atoms with Crippen molar-refractivity contribution in [2.75, 3.05) is 0 Å². The molecule has 0 aliphatic rings. The number of imidazole rings is 1. The van der Waals surface area contributed by atoms with Crippen LogP contribution in [0.1, 0.15) is 25.6 Å². The van der Waals surface area contributed by atoms with Crippen LogP contribution >= 0.6 is 11.6 Å². The van der Waals surface area contributed by atoms with E-state index < -0.39 is 17.4 Å². The number of rotatable bonds is 4. The lowest BCUT2D eigenvalue weighted by Crippen LogP contribution is -2.44. The summed E-state index contributed by atoms with van der Waals surface area (Å²) in [4.78, 5) is 28.9. The van der Waals surface area contributed by atoms with E-state index in [1.54, 1.807) is 45.0 Å². The van der Waals surface area contributed by atoms with Crippen LogP contribution in [0.2, 0.25) is 5.02 Å². The van der Waals surface area contributed by atoms with Crippen LogP contribution in [0.15, 0.2) is 43.0 Å². The van der Waals surface area contributed by atoms with Gasteiger partial charge in [0, 0.05) is 22.8 Å². The van der Waals surface area contributed by atoms with E-state index in [4.69, 9.17) is 16.3 Å². The zero-order chi connectivity index (χ0) is 16.3.